The Morgan fingerprint density at radius 1 is 1.25 bits per heavy atom. The first-order valence-electron chi connectivity index (χ1n) is 9.45. The smallest absolute Gasteiger partial charge is 0.317 e. The molecule has 2 fully saturated rings. The van der Waals surface area contributed by atoms with Crippen molar-refractivity contribution in [1.82, 2.24) is 15.5 Å². The Balaban J connectivity index is 1.45. The Bertz CT molecular complexity index is 753. The van der Waals surface area contributed by atoms with Crippen LogP contribution < -0.4 is 15.5 Å². The number of nitrogens with zero attached hydrogens (tertiary/aromatic N) is 2. The van der Waals surface area contributed by atoms with E-state index in [9.17, 15) is 18.8 Å². The number of halogens is 1. The number of aliphatic carboxylic acids is 1. The Morgan fingerprint density at radius 3 is 2.57 bits per heavy atom. The maximum Gasteiger partial charge on any atom is 0.317 e. The first kappa shape index (κ1) is 20.1. The van der Waals surface area contributed by atoms with Gasteiger partial charge in [0.05, 0.1) is 18.3 Å². The number of carboxylic acids is 1. The van der Waals surface area contributed by atoms with Crippen molar-refractivity contribution < 1.29 is 23.9 Å². The molecular formula is C19H25FN4O4. The SMILES string of the molecule is CCN(CC(=O)O)C1CC(NC(=O)NC2CC(=O)N(c3ccccc3F)C2)C1. The van der Waals surface area contributed by atoms with Gasteiger partial charge in [0.2, 0.25) is 5.91 Å². The van der Waals surface area contributed by atoms with Crippen molar-refractivity contribution in [2.75, 3.05) is 24.5 Å². The van der Waals surface area contributed by atoms with E-state index in [-0.39, 0.29) is 55.3 Å². The van der Waals surface area contributed by atoms with Crippen molar-refractivity contribution in [1.29, 1.82) is 0 Å². The summed E-state index contributed by atoms with van der Waals surface area (Å²) >= 11 is 0. The van der Waals surface area contributed by atoms with Crippen LogP contribution in [0.5, 0.6) is 0 Å². The summed E-state index contributed by atoms with van der Waals surface area (Å²) in [6, 6.07) is 5.44. The highest BCUT2D eigenvalue weighted by Gasteiger charge is 2.36. The molecule has 1 unspecified atom stereocenters. The van der Waals surface area contributed by atoms with E-state index in [0.29, 0.717) is 19.4 Å². The summed E-state index contributed by atoms with van der Waals surface area (Å²) in [5.74, 6) is -1.56. The number of carboxylic acid groups (broad SMARTS) is 1. The summed E-state index contributed by atoms with van der Waals surface area (Å²) in [5, 5.41) is 14.6. The molecule has 1 aliphatic carbocycles. The molecule has 8 nitrogen and oxygen atoms in total. The van der Waals surface area contributed by atoms with Gasteiger partial charge in [-0.25, -0.2) is 9.18 Å². The molecule has 2 aliphatic rings. The number of anilines is 1. The van der Waals surface area contributed by atoms with Crippen molar-refractivity contribution in [2.24, 2.45) is 0 Å². The maximum atomic E-state index is 13.9. The highest BCUT2D eigenvalue weighted by Crippen LogP contribution is 2.26. The molecular weight excluding hydrogens is 367 g/mol. The fourth-order valence-corrected chi connectivity index (χ4v) is 3.80. The van der Waals surface area contributed by atoms with E-state index in [2.05, 4.69) is 10.6 Å². The quantitative estimate of drug-likeness (QED) is 0.647. The number of carbonyl (C=O) groups is 3. The minimum absolute atomic E-state index is 0.00382. The minimum atomic E-state index is -0.860. The van der Waals surface area contributed by atoms with Gasteiger partial charge in [-0.3, -0.25) is 14.5 Å². The summed E-state index contributed by atoms with van der Waals surface area (Å²) in [5.41, 5.74) is 0.220. The summed E-state index contributed by atoms with van der Waals surface area (Å²) < 4.78 is 13.9. The monoisotopic (exact) mass is 392 g/mol. The standard InChI is InChI=1S/C19H25FN4O4/c1-2-23(11-18(26)27)14-7-12(8-14)21-19(28)22-13-9-17(25)24(10-13)16-6-4-3-5-15(16)20/h3-6,12-14H,2,7-11H2,1H3,(H,26,27)(H2,21,22,28). The molecule has 1 aliphatic heterocycles. The van der Waals surface area contributed by atoms with Gasteiger partial charge >= 0.3 is 12.0 Å². The maximum absolute atomic E-state index is 13.9. The third kappa shape index (κ3) is 4.59. The molecule has 0 aromatic heterocycles. The molecule has 0 bridgehead atoms. The van der Waals surface area contributed by atoms with Crippen LogP contribution in [0.2, 0.25) is 0 Å². The topological polar surface area (TPSA) is 102 Å². The van der Waals surface area contributed by atoms with E-state index in [4.69, 9.17) is 5.11 Å². The molecule has 3 N–H and O–H groups in total. The summed E-state index contributed by atoms with van der Waals surface area (Å²) in [6.45, 7) is 2.78. The van der Waals surface area contributed by atoms with E-state index in [1.54, 1.807) is 18.2 Å². The minimum Gasteiger partial charge on any atom is -0.480 e. The predicted octanol–water partition coefficient (Wildman–Crippen LogP) is 1.17. The molecule has 0 spiro atoms. The fraction of sp³-hybridized carbons (Fsp3) is 0.526. The lowest BCUT2D eigenvalue weighted by Crippen LogP contribution is -2.57. The van der Waals surface area contributed by atoms with Gasteiger partial charge in [0.15, 0.2) is 0 Å². The summed E-state index contributed by atoms with van der Waals surface area (Å²) in [4.78, 5) is 38.5. The zero-order valence-electron chi connectivity index (χ0n) is 15.7. The van der Waals surface area contributed by atoms with E-state index < -0.39 is 11.8 Å². The largest absolute Gasteiger partial charge is 0.480 e. The first-order chi connectivity index (χ1) is 13.4. The van der Waals surface area contributed by atoms with Crippen molar-refractivity contribution in [3.05, 3.63) is 30.1 Å². The first-order valence-corrected chi connectivity index (χ1v) is 9.45. The lowest BCUT2D eigenvalue weighted by Gasteiger charge is -2.42. The van der Waals surface area contributed by atoms with E-state index in [1.807, 2.05) is 11.8 Å². The number of hydrogen-bond donors (Lipinski definition) is 3. The highest BCUT2D eigenvalue weighted by atomic mass is 19.1. The molecule has 3 rings (SSSR count). The van der Waals surface area contributed by atoms with Crippen LogP contribution in [-0.2, 0) is 9.59 Å². The molecule has 3 amide bonds. The number of rotatable bonds is 7. The van der Waals surface area contributed by atoms with E-state index >= 15 is 0 Å². The number of nitrogens with one attached hydrogen (secondary N) is 2. The molecule has 1 atom stereocenters. The van der Waals surface area contributed by atoms with Crippen LogP contribution in [0.3, 0.4) is 0 Å². The average molecular weight is 392 g/mol. The van der Waals surface area contributed by atoms with Gasteiger partial charge in [-0.2, -0.15) is 0 Å². The van der Waals surface area contributed by atoms with E-state index in [1.165, 1.54) is 11.0 Å². The number of likely N-dealkylation sites (N-methyl/N-ethyl adjacent to an activating group) is 1. The number of para-hydroxylation sites is 1. The second kappa shape index (κ2) is 8.55. The Labute approximate surface area is 162 Å². The fourth-order valence-electron chi connectivity index (χ4n) is 3.80. The second-order valence-electron chi connectivity index (χ2n) is 7.25. The van der Waals surface area contributed by atoms with Gasteiger partial charge in [0, 0.05) is 25.0 Å². The van der Waals surface area contributed by atoms with Crippen LogP contribution in [0, 0.1) is 5.82 Å². The zero-order chi connectivity index (χ0) is 20.3. The lowest BCUT2D eigenvalue weighted by molar-refractivity contribution is -0.139. The van der Waals surface area contributed by atoms with Gasteiger partial charge in [0.1, 0.15) is 5.82 Å². The van der Waals surface area contributed by atoms with Crippen LogP contribution in [-0.4, -0.2) is 65.7 Å². The molecule has 9 heteroatoms. The third-order valence-corrected chi connectivity index (χ3v) is 5.31. The van der Waals surface area contributed by atoms with Gasteiger partial charge in [-0.15, -0.1) is 0 Å². The molecule has 1 aromatic carbocycles. The van der Waals surface area contributed by atoms with Crippen molar-refractivity contribution in [2.45, 2.75) is 44.3 Å². The number of amides is 3. The molecule has 1 saturated heterocycles. The normalized spacial score (nSPS) is 24.2. The molecule has 28 heavy (non-hydrogen) atoms. The Morgan fingerprint density at radius 2 is 1.93 bits per heavy atom. The van der Waals surface area contributed by atoms with Crippen LogP contribution in [0.25, 0.3) is 0 Å². The van der Waals surface area contributed by atoms with Crippen molar-refractivity contribution in [3.63, 3.8) is 0 Å². The van der Waals surface area contributed by atoms with Crippen molar-refractivity contribution in [3.8, 4) is 0 Å². The zero-order valence-corrected chi connectivity index (χ0v) is 15.7. The Hall–Kier alpha value is -2.68. The summed E-state index contributed by atoms with van der Waals surface area (Å²) in [6.07, 6.45) is 1.51. The van der Waals surface area contributed by atoms with Crippen molar-refractivity contribution >= 4 is 23.6 Å². The Kier molecular flexibility index (Phi) is 6.13. The van der Waals surface area contributed by atoms with Crippen LogP contribution in [0.4, 0.5) is 14.9 Å². The molecule has 152 valence electrons. The van der Waals surface area contributed by atoms with E-state index in [0.717, 1.165) is 0 Å². The number of carbonyl (C=O) groups excluding carboxylic acids is 2. The van der Waals surface area contributed by atoms with Crippen LogP contribution in [0.1, 0.15) is 26.2 Å². The average Bonchev–Trinajstić information content (AvgIpc) is 2.96. The molecule has 1 heterocycles. The predicted molar refractivity (Wildman–Crippen MR) is 101 cm³/mol. The number of hydrogen-bond acceptors (Lipinski definition) is 4. The second-order valence-corrected chi connectivity index (χ2v) is 7.25. The number of urea groups is 1. The molecule has 0 radical (unpaired) electrons. The van der Waals surface area contributed by atoms with Crippen LogP contribution in [0.15, 0.2) is 24.3 Å². The summed E-state index contributed by atoms with van der Waals surface area (Å²) in [7, 11) is 0. The number of benzene rings is 1. The van der Waals surface area contributed by atoms with Gasteiger partial charge in [-0.1, -0.05) is 19.1 Å². The third-order valence-electron chi connectivity index (χ3n) is 5.31. The highest BCUT2D eigenvalue weighted by molar-refractivity contribution is 5.96. The van der Waals surface area contributed by atoms with Crippen LogP contribution >= 0.6 is 0 Å². The lowest BCUT2D eigenvalue weighted by atomic mass is 9.85. The van der Waals surface area contributed by atoms with Gasteiger partial charge < -0.3 is 20.6 Å². The van der Waals surface area contributed by atoms with Gasteiger partial charge in [-0.05, 0) is 31.5 Å². The van der Waals surface area contributed by atoms with Gasteiger partial charge in [0.25, 0.3) is 0 Å². The molecule has 1 saturated carbocycles. The molecule has 1 aromatic rings.